The highest BCUT2D eigenvalue weighted by Gasteiger charge is 2.08. The van der Waals surface area contributed by atoms with Crippen molar-refractivity contribution in [3.63, 3.8) is 0 Å². The minimum absolute atomic E-state index is 0.0783. The number of hydrogen-bond acceptors (Lipinski definition) is 3. The standard InChI is InChI=1S/C13H18N2O3/c1-11(16)14-8-10-15(9-7-13(17)18)12-5-3-2-4-6-12/h2-6H,7-10H2,1H3,(H,14,16)(H,17,18). The largest absolute Gasteiger partial charge is 0.481 e. The predicted octanol–water partition coefficient (Wildman–Crippen LogP) is 1.10. The summed E-state index contributed by atoms with van der Waals surface area (Å²) in [6, 6.07) is 9.57. The van der Waals surface area contributed by atoms with Crippen molar-refractivity contribution in [2.45, 2.75) is 13.3 Å². The minimum Gasteiger partial charge on any atom is -0.481 e. The van der Waals surface area contributed by atoms with Crippen molar-refractivity contribution in [2.75, 3.05) is 24.5 Å². The van der Waals surface area contributed by atoms with E-state index in [1.165, 1.54) is 6.92 Å². The molecule has 0 aliphatic carbocycles. The first-order valence-electron chi connectivity index (χ1n) is 5.86. The van der Waals surface area contributed by atoms with Crippen LogP contribution in [0.15, 0.2) is 30.3 Å². The molecule has 0 saturated heterocycles. The van der Waals surface area contributed by atoms with Gasteiger partial charge in [-0.15, -0.1) is 0 Å². The molecule has 98 valence electrons. The third-order valence-corrected chi connectivity index (χ3v) is 2.47. The average molecular weight is 250 g/mol. The summed E-state index contributed by atoms with van der Waals surface area (Å²) in [7, 11) is 0. The van der Waals surface area contributed by atoms with E-state index in [1.807, 2.05) is 35.2 Å². The van der Waals surface area contributed by atoms with Gasteiger partial charge in [0.15, 0.2) is 0 Å². The summed E-state index contributed by atoms with van der Waals surface area (Å²) in [5, 5.41) is 11.4. The fourth-order valence-electron chi connectivity index (χ4n) is 1.61. The molecule has 0 spiro atoms. The molecule has 0 saturated carbocycles. The number of para-hydroxylation sites is 1. The number of carboxylic acids is 1. The molecule has 0 heterocycles. The summed E-state index contributed by atoms with van der Waals surface area (Å²) in [4.78, 5) is 23.4. The highest BCUT2D eigenvalue weighted by molar-refractivity contribution is 5.72. The second-order valence-electron chi connectivity index (χ2n) is 3.95. The summed E-state index contributed by atoms with van der Waals surface area (Å²) < 4.78 is 0. The Morgan fingerprint density at radius 1 is 1.22 bits per heavy atom. The molecular formula is C13H18N2O3. The van der Waals surface area contributed by atoms with Crippen molar-refractivity contribution in [3.8, 4) is 0 Å². The van der Waals surface area contributed by atoms with Crippen LogP contribution in [0, 0.1) is 0 Å². The molecule has 5 nitrogen and oxygen atoms in total. The van der Waals surface area contributed by atoms with E-state index in [4.69, 9.17) is 5.11 Å². The van der Waals surface area contributed by atoms with Crippen LogP contribution in [0.5, 0.6) is 0 Å². The maximum absolute atomic E-state index is 10.8. The zero-order valence-electron chi connectivity index (χ0n) is 10.4. The Labute approximate surface area is 106 Å². The van der Waals surface area contributed by atoms with Gasteiger partial charge < -0.3 is 15.3 Å². The zero-order chi connectivity index (χ0) is 13.4. The van der Waals surface area contributed by atoms with E-state index in [2.05, 4.69) is 5.32 Å². The Bertz CT molecular complexity index is 392. The minimum atomic E-state index is -0.824. The molecule has 0 aromatic heterocycles. The average Bonchev–Trinajstić information content (AvgIpc) is 2.34. The van der Waals surface area contributed by atoms with Crippen LogP contribution < -0.4 is 10.2 Å². The molecule has 0 bridgehead atoms. The lowest BCUT2D eigenvalue weighted by molar-refractivity contribution is -0.136. The van der Waals surface area contributed by atoms with Gasteiger partial charge in [-0.25, -0.2) is 0 Å². The van der Waals surface area contributed by atoms with Crippen LogP contribution in [-0.4, -0.2) is 36.6 Å². The third kappa shape index (κ3) is 5.34. The molecule has 18 heavy (non-hydrogen) atoms. The van der Waals surface area contributed by atoms with E-state index in [0.717, 1.165) is 5.69 Å². The zero-order valence-corrected chi connectivity index (χ0v) is 10.4. The quantitative estimate of drug-likeness (QED) is 0.760. The van der Waals surface area contributed by atoms with E-state index < -0.39 is 5.97 Å². The number of carbonyl (C=O) groups excluding carboxylic acids is 1. The van der Waals surface area contributed by atoms with Crippen LogP contribution >= 0.6 is 0 Å². The lowest BCUT2D eigenvalue weighted by Crippen LogP contribution is -2.35. The summed E-state index contributed by atoms with van der Waals surface area (Å²) >= 11 is 0. The van der Waals surface area contributed by atoms with Crippen molar-refractivity contribution in [1.29, 1.82) is 0 Å². The fourth-order valence-corrected chi connectivity index (χ4v) is 1.61. The summed E-state index contributed by atoms with van der Waals surface area (Å²) in [5.74, 6) is -0.906. The maximum Gasteiger partial charge on any atom is 0.305 e. The van der Waals surface area contributed by atoms with E-state index >= 15 is 0 Å². The molecule has 2 N–H and O–H groups in total. The van der Waals surface area contributed by atoms with Crippen molar-refractivity contribution in [2.24, 2.45) is 0 Å². The smallest absolute Gasteiger partial charge is 0.305 e. The van der Waals surface area contributed by atoms with Crippen LogP contribution in [0.25, 0.3) is 0 Å². The van der Waals surface area contributed by atoms with Crippen molar-refractivity contribution in [1.82, 2.24) is 5.32 Å². The van der Waals surface area contributed by atoms with E-state index in [1.54, 1.807) is 0 Å². The Kier molecular flexibility index (Phi) is 5.70. The van der Waals surface area contributed by atoms with E-state index in [-0.39, 0.29) is 12.3 Å². The number of anilines is 1. The number of carboxylic acid groups (broad SMARTS) is 1. The molecule has 0 unspecified atom stereocenters. The van der Waals surface area contributed by atoms with Crippen LogP contribution in [0.4, 0.5) is 5.69 Å². The lowest BCUT2D eigenvalue weighted by atomic mass is 10.2. The van der Waals surface area contributed by atoms with Gasteiger partial charge in [-0.2, -0.15) is 0 Å². The summed E-state index contributed by atoms with van der Waals surface area (Å²) in [6.07, 6.45) is 0.0783. The Balaban J connectivity index is 2.57. The molecule has 0 atom stereocenters. The van der Waals surface area contributed by atoms with Gasteiger partial charge in [0.05, 0.1) is 6.42 Å². The van der Waals surface area contributed by atoms with Gasteiger partial charge in [-0.3, -0.25) is 9.59 Å². The number of nitrogens with one attached hydrogen (secondary N) is 1. The third-order valence-electron chi connectivity index (χ3n) is 2.47. The summed E-state index contributed by atoms with van der Waals surface area (Å²) in [5.41, 5.74) is 0.962. The van der Waals surface area contributed by atoms with Gasteiger partial charge in [-0.1, -0.05) is 18.2 Å². The summed E-state index contributed by atoms with van der Waals surface area (Å²) in [6.45, 7) is 2.99. The highest BCUT2D eigenvalue weighted by atomic mass is 16.4. The van der Waals surface area contributed by atoms with Gasteiger partial charge >= 0.3 is 5.97 Å². The molecule has 0 aliphatic rings. The first-order chi connectivity index (χ1) is 8.59. The van der Waals surface area contributed by atoms with Gasteiger partial charge in [0.1, 0.15) is 0 Å². The topological polar surface area (TPSA) is 69.6 Å². The van der Waals surface area contributed by atoms with Gasteiger partial charge in [-0.05, 0) is 12.1 Å². The van der Waals surface area contributed by atoms with E-state index in [0.29, 0.717) is 19.6 Å². The highest BCUT2D eigenvalue weighted by Crippen LogP contribution is 2.12. The molecule has 0 aliphatic heterocycles. The number of benzene rings is 1. The molecule has 0 fully saturated rings. The number of hydrogen-bond donors (Lipinski definition) is 2. The first kappa shape index (κ1) is 14.0. The number of nitrogens with zero attached hydrogens (tertiary/aromatic N) is 1. The SMILES string of the molecule is CC(=O)NCCN(CCC(=O)O)c1ccccc1. The van der Waals surface area contributed by atoms with Crippen LogP contribution in [-0.2, 0) is 9.59 Å². The monoisotopic (exact) mass is 250 g/mol. The molecule has 5 heteroatoms. The van der Waals surface area contributed by atoms with Gasteiger partial charge in [0.2, 0.25) is 5.91 Å². The van der Waals surface area contributed by atoms with Crippen molar-refractivity contribution in [3.05, 3.63) is 30.3 Å². The molecule has 1 amide bonds. The maximum atomic E-state index is 10.8. The number of aliphatic carboxylic acids is 1. The van der Waals surface area contributed by atoms with Crippen molar-refractivity contribution >= 4 is 17.6 Å². The van der Waals surface area contributed by atoms with Gasteiger partial charge in [0, 0.05) is 32.2 Å². The molecular weight excluding hydrogens is 232 g/mol. The van der Waals surface area contributed by atoms with Gasteiger partial charge in [0.25, 0.3) is 0 Å². The van der Waals surface area contributed by atoms with E-state index in [9.17, 15) is 9.59 Å². The first-order valence-corrected chi connectivity index (χ1v) is 5.86. The van der Waals surface area contributed by atoms with Crippen LogP contribution in [0.3, 0.4) is 0 Å². The predicted molar refractivity (Wildman–Crippen MR) is 69.6 cm³/mol. The number of rotatable bonds is 7. The molecule has 1 aromatic carbocycles. The lowest BCUT2D eigenvalue weighted by Gasteiger charge is -2.24. The Hall–Kier alpha value is -2.04. The molecule has 0 radical (unpaired) electrons. The second kappa shape index (κ2) is 7.32. The second-order valence-corrected chi connectivity index (χ2v) is 3.95. The Morgan fingerprint density at radius 2 is 1.89 bits per heavy atom. The molecule has 1 rings (SSSR count). The van der Waals surface area contributed by atoms with Crippen LogP contribution in [0.2, 0.25) is 0 Å². The Morgan fingerprint density at radius 3 is 2.44 bits per heavy atom. The number of amides is 1. The fraction of sp³-hybridized carbons (Fsp3) is 0.385. The van der Waals surface area contributed by atoms with Crippen LogP contribution in [0.1, 0.15) is 13.3 Å². The normalized spacial score (nSPS) is 9.83. The molecule has 1 aromatic rings. The van der Waals surface area contributed by atoms with Crippen molar-refractivity contribution < 1.29 is 14.7 Å². The number of carbonyl (C=O) groups is 2.